The van der Waals surface area contributed by atoms with E-state index in [1.54, 1.807) is 0 Å². The molecule has 1 N–H and O–H groups in total. The second-order valence-electron chi connectivity index (χ2n) is 3.95. The largest absolute Gasteiger partial charge is 0.463 e. The van der Waals surface area contributed by atoms with Crippen molar-refractivity contribution in [2.45, 2.75) is 6.54 Å². The third kappa shape index (κ3) is 2.99. The number of benzene rings is 1. The van der Waals surface area contributed by atoms with Gasteiger partial charge in [-0.1, -0.05) is 0 Å². The molecule has 2 rings (SSSR count). The van der Waals surface area contributed by atoms with E-state index in [1.165, 1.54) is 12.1 Å². The lowest BCUT2D eigenvalue weighted by Crippen LogP contribution is -2.07. The van der Waals surface area contributed by atoms with Gasteiger partial charge in [-0.15, -0.1) is 0 Å². The van der Waals surface area contributed by atoms with Gasteiger partial charge in [0.15, 0.2) is 23.3 Å². The van der Waals surface area contributed by atoms with Crippen molar-refractivity contribution in [3.8, 4) is 0 Å². The van der Waals surface area contributed by atoms with E-state index in [9.17, 15) is 22.4 Å². The number of hydrogen-bond donors (Lipinski definition) is 1. The Bertz CT molecular complexity index is 658. The number of halogens is 4. The van der Waals surface area contributed by atoms with E-state index in [4.69, 9.17) is 4.42 Å². The van der Waals surface area contributed by atoms with Crippen molar-refractivity contribution in [1.29, 1.82) is 0 Å². The molecule has 112 valence electrons. The maximum Gasteiger partial charge on any atom is 0.373 e. The fourth-order valence-corrected chi connectivity index (χ4v) is 1.59. The van der Waals surface area contributed by atoms with E-state index in [-0.39, 0.29) is 24.1 Å². The van der Waals surface area contributed by atoms with E-state index in [2.05, 4.69) is 10.1 Å². The van der Waals surface area contributed by atoms with Gasteiger partial charge in [0.25, 0.3) is 0 Å². The molecule has 8 heteroatoms. The molecular weight excluding hydrogens is 294 g/mol. The number of carbonyl (C=O) groups is 1. The number of rotatable bonds is 4. The number of hydrogen-bond acceptors (Lipinski definition) is 4. The lowest BCUT2D eigenvalue weighted by atomic mass is 10.2. The normalized spacial score (nSPS) is 10.5. The number of methoxy groups -OCH3 is 1. The summed E-state index contributed by atoms with van der Waals surface area (Å²) in [6.07, 6.45) is 0. The SMILES string of the molecule is COC(=O)c1ccc(CNc2c(F)c(F)cc(F)c2F)o1. The minimum Gasteiger partial charge on any atom is -0.463 e. The molecule has 1 heterocycles. The third-order valence-electron chi connectivity index (χ3n) is 2.60. The van der Waals surface area contributed by atoms with Crippen LogP contribution in [0.15, 0.2) is 22.6 Å². The number of ether oxygens (including phenoxy) is 1. The van der Waals surface area contributed by atoms with Crippen molar-refractivity contribution in [3.63, 3.8) is 0 Å². The van der Waals surface area contributed by atoms with Gasteiger partial charge in [-0.3, -0.25) is 0 Å². The van der Waals surface area contributed by atoms with Crippen LogP contribution >= 0.6 is 0 Å². The molecule has 1 aromatic heterocycles. The van der Waals surface area contributed by atoms with Gasteiger partial charge in [-0.2, -0.15) is 0 Å². The van der Waals surface area contributed by atoms with Crippen LogP contribution in [0.2, 0.25) is 0 Å². The fraction of sp³-hybridized carbons (Fsp3) is 0.154. The molecule has 0 aliphatic rings. The summed E-state index contributed by atoms with van der Waals surface area (Å²) in [7, 11) is 1.16. The lowest BCUT2D eigenvalue weighted by molar-refractivity contribution is 0.0563. The Balaban J connectivity index is 2.17. The van der Waals surface area contributed by atoms with Crippen molar-refractivity contribution in [1.82, 2.24) is 0 Å². The second-order valence-corrected chi connectivity index (χ2v) is 3.95. The van der Waals surface area contributed by atoms with Gasteiger partial charge in [0.2, 0.25) is 5.76 Å². The zero-order valence-electron chi connectivity index (χ0n) is 10.7. The Kier molecular flexibility index (Phi) is 4.15. The van der Waals surface area contributed by atoms with Crippen molar-refractivity contribution in [2.24, 2.45) is 0 Å². The Morgan fingerprint density at radius 1 is 1.19 bits per heavy atom. The number of esters is 1. The molecule has 2 aromatic rings. The molecule has 0 bridgehead atoms. The summed E-state index contributed by atoms with van der Waals surface area (Å²) in [6, 6.07) is 2.75. The molecule has 0 saturated carbocycles. The molecular formula is C13H9F4NO3. The molecule has 0 fully saturated rings. The number of nitrogens with one attached hydrogen (secondary N) is 1. The first-order valence-corrected chi connectivity index (χ1v) is 5.68. The molecule has 0 unspecified atom stereocenters. The Hall–Kier alpha value is -2.51. The zero-order valence-corrected chi connectivity index (χ0v) is 10.7. The van der Waals surface area contributed by atoms with E-state index < -0.39 is 34.9 Å². The highest BCUT2D eigenvalue weighted by molar-refractivity contribution is 5.86. The highest BCUT2D eigenvalue weighted by Gasteiger charge is 2.19. The van der Waals surface area contributed by atoms with E-state index >= 15 is 0 Å². The second kappa shape index (κ2) is 5.86. The number of carbonyl (C=O) groups excluding carboxylic acids is 1. The molecule has 0 radical (unpaired) electrons. The molecule has 4 nitrogen and oxygen atoms in total. The van der Waals surface area contributed by atoms with Crippen molar-refractivity contribution >= 4 is 11.7 Å². The summed E-state index contributed by atoms with van der Waals surface area (Å²) in [5.41, 5.74) is -0.955. The molecule has 0 aliphatic heterocycles. The maximum atomic E-state index is 13.4. The first kappa shape index (κ1) is 14.9. The van der Waals surface area contributed by atoms with Crippen molar-refractivity contribution < 1.29 is 31.5 Å². The predicted molar refractivity (Wildman–Crippen MR) is 63.6 cm³/mol. The minimum absolute atomic E-state index is 0.109. The fourth-order valence-electron chi connectivity index (χ4n) is 1.59. The van der Waals surface area contributed by atoms with Gasteiger partial charge in [-0.05, 0) is 12.1 Å². The Morgan fingerprint density at radius 2 is 1.81 bits per heavy atom. The van der Waals surface area contributed by atoms with Crippen molar-refractivity contribution in [2.75, 3.05) is 12.4 Å². The summed E-state index contributed by atoms with van der Waals surface area (Å²) in [6.45, 7) is -0.284. The molecule has 0 saturated heterocycles. The summed E-state index contributed by atoms with van der Waals surface area (Å²) in [5.74, 6) is -6.85. The first-order chi connectivity index (χ1) is 9.93. The first-order valence-electron chi connectivity index (χ1n) is 5.68. The van der Waals surface area contributed by atoms with Gasteiger partial charge in [0.05, 0.1) is 13.7 Å². The summed E-state index contributed by atoms with van der Waals surface area (Å²) in [4.78, 5) is 11.1. The van der Waals surface area contributed by atoms with Gasteiger partial charge >= 0.3 is 5.97 Å². The van der Waals surface area contributed by atoms with E-state index in [0.717, 1.165) is 7.11 Å². The van der Waals surface area contributed by atoms with Crippen molar-refractivity contribution in [3.05, 3.63) is 53.0 Å². The van der Waals surface area contributed by atoms with Crippen LogP contribution < -0.4 is 5.32 Å². The van der Waals surface area contributed by atoms with Crippen LogP contribution in [0.4, 0.5) is 23.2 Å². The molecule has 1 aromatic carbocycles. The van der Waals surface area contributed by atoms with Gasteiger partial charge in [0, 0.05) is 6.07 Å². The van der Waals surface area contributed by atoms with Gasteiger partial charge in [-0.25, -0.2) is 22.4 Å². The highest BCUT2D eigenvalue weighted by Crippen LogP contribution is 2.24. The maximum absolute atomic E-state index is 13.4. The number of anilines is 1. The third-order valence-corrected chi connectivity index (χ3v) is 2.60. The van der Waals surface area contributed by atoms with Crippen LogP contribution in [-0.2, 0) is 11.3 Å². The van der Waals surface area contributed by atoms with E-state index in [0.29, 0.717) is 0 Å². The lowest BCUT2D eigenvalue weighted by Gasteiger charge is -2.08. The predicted octanol–water partition coefficient (Wildman–Crippen LogP) is 3.23. The average Bonchev–Trinajstić information content (AvgIpc) is 2.93. The molecule has 0 amide bonds. The van der Waals surface area contributed by atoms with Crippen LogP contribution in [0.5, 0.6) is 0 Å². The summed E-state index contributed by atoms with van der Waals surface area (Å²) >= 11 is 0. The molecule has 0 spiro atoms. The summed E-state index contributed by atoms with van der Waals surface area (Å²) < 4.78 is 62.2. The monoisotopic (exact) mass is 303 g/mol. The highest BCUT2D eigenvalue weighted by atomic mass is 19.2. The minimum atomic E-state index is -1.55. The quantitative estimate of drug-likeness (QED) is 0.535. The van der Waals surface area contributed by atoms with Crippen LogP contribution in [0.25, 0.3) is 0 Å². The van der Waals surface area contributed by atoms with Crippen LogP contribution in [-0.4, -0.2) is 13.1 Å². The average molecular weight is 303 g/mol. The topological polar surface area (TPSA) is 51.5 Å². The molecule has 21 heavy (non-hydrogen) atoms. The Morgan fingerprint density at radius 3 is 2.38 bits per heavy atom. The molecule has 0 atom stereocenters. The zero-order chi connectivity index (χ0) is 15.6. The van der Waals surface area contributed by atoms with Crippen LogP contribution in [0.3, 0.4) is 0 Å². The van der Waals surface area contributed by atoms with Gasteiger partial charge < -0.3 is 14.5 Å². The van der Waals surface area contributed by atoms with Crippen LogP contribution in [0, 0.1) is 23.3 Å². The van der Waals surface area contributed by atoms with Crippen LogP contribution in [0.1, 0.15) is 16.3 Å². The van der Waals surface area contributed by atoms with E-state index in [1.807, 2.05) is 0 Å². The smallest absolute Gasteiger partial charge is 0.373 e. The molecule has 0 aliphatic carbocycles. The van der Waals surface area contributed by atoms with Gasteiger partial charge in [0.1, 0.15) is 11.4 Å². The summed E-state index contributed by atoms with van der Waals surface area (Å²) in [5, 5.41) is 2.17. The standard InChI is InChI=1S/C13H9F4NO3/c1-20-13(19)9-3-2-6(21-9)5-18-12-10(16)7(14)4-8(15)11(12)17/h2-4,18H,5H2,1H3. The Labute approximate surface area is 116 Å². The number of furan rings is 1.